The molecule has 2 heterocycles. The molecule has 0 aromatic carbocycles. The zero-order valence-electron chi connectivity index (χ0n) is 9.00. The number of nitrogens with two attached hydrogens (primary N) is 1. The molecule has 1 aliphatic rings. The second-order valence-corrected chi connectivity index (χ2v) is 5.94. The molecule has 1 fully saturated rings. The van der Waals surface area contributed by atoms with Gasteiger partial charge in [0.05, 0.1) is 0 Å². The van der Waals surface area contributed by atoms with Crippen molar-refractivity contribution in [2.75, 3.05) is 24.2 Å². The molecular weight excluding hydrogens is 228 g/mol. The highest BCUT2D eigenvalue weighted by Gasteiger charge is 2.21. The van der Waals surface area contributed by atoms with Crippen LogP contribution in [-0.2, 0) is 9.84 Å². The molecule has 7 heteroatoms. The minimum Gasteiger partial charge on any atom is -0.355 e. The van der Waals surface area contributed by atoms with Crippen molar-refractivity contribution in [1.82, 2.24) is 9.97 Å². The molecule has 6 nitrogen and oxygen atoms in total. The van der Waals surface area contributed by atoms with Crippen molar-refractivity contribution in [3.63, 3.8) is 0 Å². The van der Waals surface area contributed by atoms with Crippen LogP contribution in [-0.4, -0.2) is 43.8 Å². The lowest BCUT2D eigenvalue weighted by Gasteiger charge is -2.16. The van der Waals surface area contributed by atoms with E-state index in [1.165, 1.54) is 12.4 Å². The molecule has 16 heavy (non-hydrogen) atoms. The summed E-state index contributed by atoms with van der Waals surface area (Å²) in [5.41, 5.74) is 5.78. The molecule has 1 atom stereocenters. The van der Waals surface area contributed by atoms with E-state index in [9.17, 15) is 8.42 Å². The van der Waals surface area contributed by atoms with Crippen LogP contribution in [0.15, 0.2) is 17.4 Å². The molecule has 88 valence electrons. The Morgan fingerprint density at radius 3 is 2.81 bits per heavy atom. The SMILES string of the molecule is CS(=O)(=O)c1cc(N2CC[C@@H](N)C2)ncn1. The Morgan fingerprint density at radius 2 is 2.25 bits per heavy atom. The molecular formula is C9H14N4O2S. The first-order chi connectivity index (χ1) is 7.47. The van der Waals surface area contributed by atoms with Crippen LogP contribution in [0.25, 0.3) is 0 Å². The molecule has 0 amide bonds. The van der Waals surface area contributed by atoms with Gasteiger partial charge in [-0.25, -0.2) is 18.4 Å². The molecule has 2 N–H and O–H groups in total. The molecule has 0 spiro atoms. The molecule has 0 bridgehead atoms. The van der Waals surface area contributed by atoms with E-state index in [0.717, 1.165) is 19.2 Å². The van der Waals surface area contributed by atoms with Crippen LogP contribution < -0.4 is 10.6 Å². The van der Waals surface area contributed by atoms with E-state index in [4.69, 9.17) is 5.73 Å². The molecule has 0 saturated carbocycles. The van der Waals surface area contributed by atoms with Crippen molar-refractivity contribution in [3.05, 3.63) is 12.4 Å². The van der Waals surface area contributed by atoms with E-state index < -0.39 is 9.84 Å². The van der Waals surface area contributed by atoms with Gasteiger partial charge in [-0.2, -0.15) is 0 Å². The first kappa shape index (κ1) is 11.3. The van der Waals surface area contributed by atoms with Crippen molar-refractivity contribution in [2.24, 2.45) is 5.73 Å². The van der Waals surface area contributed by atoms with Crippen LogP contribution in [0, 0.1) is 0 Å². The predicted molar refractivity (Wildman–Crippen MR) is 59.9 cm³/mol. The van der Waals surface area contributed by atoms with E-state index >= 15 is 0 Å². The Balaban J connectivity index is 2.30. The highest BCUT2D eigenvalue weighted by atomic mass is 32.2. The fourth-order valence-corrected chi connectivity index (χ4v) is 2.26. The maximum absolute atomic E-state index is 11.3. The van der Waals surface area contributed by atoms with E-state index in [1.807, 2.05) is 4.90 Å². The van der Waals surface area contributed by atoms with Gasteiger partial charge in [0.2, 0.25) is 0 Å². The Kier molecular flexibility index (Phi) is 2.81. The van der Waals surface area contributed by atoms with Gasteiger partial charge in [0, 0.05) is 31.5 Å². The first-order valence-corrected chi connectivity index (χ1v) is 6.88. The Bertz CT molecular complexity index is 488. The number of hydrogen-bond donors (Lipinski definition) is 1. The number of aromatic nitrogens is 2. The summed E-state index contributed by atoms with van der Waals surface area (Å²) in [4.78, 5) is 9.78. The Morgan fingerprint density at radius 1 is 1.50 bits per heavy atom. The van der Waals surface area contributed by atoms with Crippen LogP contribution in [0.3, 0.4) is 0 Å². The van der Waals surface area contributed by atoms with Gasteiger partial charge in [-0.3, -0.25) is 0 Å². The Labute approximate surface area is 94.4 Å². The molecule has 0 radical (unpaired) electrons. The largest absolute Gasteiger partial charge is 0.355 e. The highest BCUT2D eigenvalue weighted by molar-refractivity contribution is 7.90. The zero-order valence-corrected chi connectivity index (χ0v) is 9.81. The van der Waals surface area contributed by atoms with Crippen molar-refractivity contribution < 1.29 is 8.42 Å². The van der Waals surface area contributed by atoms with Gasteiger partial charge in [-0.1, -0.05) is 0 Å². The average molecular weight is 242 g/mol. The molecule has 0 aliphatic carbocycles. The minimum atomic E-state index is -3.28. The van der Waals surface area contributed by atoms with Crippen molar-refractivity contribution in [1.29, 1.82) is 0 Å². The third-order valence-electron chi connectivity index (χ3n) is 2.56. The van der Waals surface area contributed by atoms with Gasteiger partial charge < -0.3 is 10.6 Å². The molecule has 2 rings (SSSR count). The minimum absolute atomic E-state index is 0.0537. The van der Waals surface area contributed by atoms with Crippen molar-refractivity contribution >= 4 is 15.7 Å². The molecule has 1 saturated heterocycles. The van der Waals surface area contributed by atoms with Crippen molar-refractivity contribution in [2.45, 2.75) is 17.5 Å². The van der Waals surface area contributed by atoms with Crippen LogP contribution >= 0.6 is 0 Å². The van der Waals surface area contributed by atoms with E-state index in [1.54, 1.807) is 0 Å². The fraction of sp³-hybridized carbons (Fsp3) is 0.556. The highest BCUT2D eigenvalue weighted by Crippen LogP contribution is 2.18. The van der Waals surface area contributed by atoms with Gasteiger partial charge >= 0.3 is 0 Å². The zero-order chi connectivity index (χ0) is 11.8. The van der Waals surface area contributed by atoms with Gasteiger partial charge in [0.25, 0.3) is 0 Å². The maximum Gasteiger partial charge on any atom is 0.192 e. The smallest absolute Gasteiger partial charge is 0.192 e. The monoisotopic (exact) mass is 242 g/mol. The van der Waals surface area contributed by atoms with Crippen LogP contribution in [0.1, 0.15) is 6.42 Å². The quantitative estimate of drug-likeness (QED) is 0.698. The standard InChI is InChI=1S/C9H14N4O2S/c1-16(14,15)9-4-8(11-6-12-9)13-3-2-7(10)5-13/h4,6-7H,2-3,5,10H2,1H3/t7-/m1/s1. The lowest BCUT2D eigenvalue weighted by atomic mass is 10.3. The van der Waals surface area contributed by atoms with Gasteiger partial charge in [-0.15, -0.1) is 0 Å². The number of hydrogen-bond acceptors (Lipinski definition) is 6. The fourth-order valence-electron chi connectivity index (χ4n) is 1.70. The lowest BCUT2D eigenvalue weighted by Crippen LogP contribution is -2.27. The molecule has 1 aromatic rings. The van der Waals surface area contributed by atoms with Crippen LogP contribution in [0.2, 0.25) is 0 Å². The summed E-state index contributed by atoms with van der Waals surface area (Å²) in [5.74, 6) is 0.628. The van der Waals surface area contributed by atoms with E-state index in [2.05, 4.69) is 9.97 Å². The van der Waals surface area contributed by atoms with Crippen LogP contribution in [0.5, 0.6) is 0 Å². The molecule has 1 aliphatic heterocycles. The van der Waals surface area contributed by atoms with Gasteiger partial charge in [0.15, 0.2) is 14.9 Å². The number of anilines is 1. The third-order valence-corrected chi connectivity index (χ3v) is 3.54. The predicted octanol–water partition coefficient (Wildman–Crippen LogP) is -0.582. The Hall–Kier alpha value is -1.21. The summed E-state index contributed by atoms with van der Waals surface area (Å²) in [6, 6.07) is 1.63. The second kappa shape index (κ2) is 3.99. The van der Waals surface area contributed by atoms with Crippen molar-refractivity contribution in [3.8, 4) is 0 Å². The summed E-state index contributed by atoms with van der Waals surface area (Å²) in [6.45, 7) is 1.52. The normalized spacial score (nSPS) is 21.4. The first-order valence-electron chi connectivity index (χ1n) is 4.99. The summed E-state index contributed by atoms with van der Waals surface area (Å²) in [6.07, 6.45) is 3.31. The number of nitrogens with zero attached hydrogens (tertiary/aromatic N) is 3. The summed E-state index contributed by atoms with van der Waals surface area (Å²) in [7, 11) is -3.28. The third kappa shape index (κ3) is 2.30. The summed E-state index contributed by atoms with van der Waals surface area (Å²) < 4.78 is 22.7. The second-order valence-electron chi connectivity index (χ2n) is 3.98. The van der Waals surface area contributed by atoms with Crippen LogP contribution in [0.4, 0.5) is 5.82 Å². The number of sulfone groups is 1. The lowest BCUT2D eigenvalue weighted by molar-refractivity contribution is 0.597. The summed E-state index contributed by atoms with van der Waals surface area (Å²) in [5, 5.41) is 0.0537. The molecule has 1 aromatic heterocycles. The van der Waals surface area contributed by atoms with E-state index in [0.29, 0.717) is 12.4 Å². The summed E-state index contributed by atoms with van der Waals surface area (Å²) >= 11 is 0. The number of rotatable bonds is 2. The average Bonchev–Trinajstić information content (AvgIpc) is 2.64. The van der Waals surface area contributed by atoms with Gasteiger partial charge in [0.1, 0.15) is 12.1 Å². The topological polar surface area (TPSA) is 89.2 Å². The molecule has 0 unspecified atom stereocenters. The van der Waals surface area contributed by atoms with Gasteiger partial charge in [-0.05, 0) is 6.42 Å². The van der Waals surface area contributed by atoms with E-state index in [-0.39, 0.29) is 11.1 Å². The maximum atomic E-state index is 11.3.